The van der Waals surface area contributed by atoms with Crippen molar-refractivity contribution in [1.82, 2.24) is 5.32 Å². The Morgan fingerprint density at radius 3 is 2.81 bits per heavy atom. The van der Waals surface area contributed by atoms with Crippen LogP contribution < -0.4 is 5.32 Å². The van der Waals surface area contributed by atoms with Crippen LogP contribution in [0.15, 0.2) is 23.0 Å². The van der Waals surface area contributed by atoms with Crippen LogP contribution in [0.1, 0.15) is 51.0 Å². The molecule has 0 bridgehead atoms. The normalized spacial score (nSPS) is 19.8. The van der Waals surface area contributed by atoms with Gasteiger partial charge in [-0.25, -0.2) is 0 Å². The van der Waals surface area contributed by atoms with Crippen LogP contribution in [0.3, 0.4) is 0 Å². The van der Waals surface area contributed by atoms with Crippen molar-refractivity contribution in [2.45, 2.75) is 58.0 Å². The summed E-state index contributed by atoms with van der Waals surface area (Å²) in [5.41, 5.74) is 1.26. The molecule has 0 saturated heterocycles. The Morgan fingerprint density at radius 1 is 1.38 bits per heavy atom. The van der Waals surface area contributed by atoms with E-state index >= 15 is 0 Å². The molecule has 0 amide bonds. The zero-order chi connectivity index (χ0) is 11.2. The predicted molar refractivity (Wildman–Crippen MR) is 66.2 cm³/mol. The van der Waals surface area contributed by atoms with E-state index in [0.717, 1.165) is 12.5 Å². The van der Waals surface area contributed by atoms with E-state index in [4.69, 9.17) is 4.42 Å². The summed E-state index contributed by atoms with van der Waals surface area (Å²) in [5, 5.41) is 3.68. The number of furan rings is 1. The number of rotatable bonds is 5. The molecule has 0 aliphatic heterocycles. The van der Waals surface area contributed by atoms with Gasteiger partial charge in [-0.3, -0.25) is 0 Å². The second-order valence-electron chi connectivity index (χ2n) is 4.93. The molecule has 2 rings (SSSR count). The quantitative estimate of drug-likeness (QED) is 0.819. The molecular weight excluding hydrogens is 198 g/mol. The van der Waals surface area contributed by atoms with Crippen LogP contribution >= 0.6 is 0 Å². The minimum Gasteiger partial charge on any atom is -0.472 e. The third-order valence-corrected chi connectivity index (χ3v) is 3.81. The topological polar surface area (TPSA) is 25.2 Å². The highest BCUT2D eigenvalue weighted by Crippen LogP contribution is 2.27. The molecule has 1 aromatic heterocycles. The molecule has 1 fully saturated rings. The van der Waals surface area contributed by atoms with Gasteiger partial charge in [0.25, 0.3) is 0 Å². The van der Waals surface area contributed by atoms with Gasteiger partial charge in [0.1, 0.15) is 0 Å². The minimum atomic E-state index is 0.690. The van der Waals surface area contributed by atoms with Crippen molar-refractivity contribution in [2.24, 2.45) is 5.92 Å². The van der Waals surface area contributed by atoms with E-state index in [9.17, 15) is 0 Å². The molecule has 16 heavy (non-hydrogen) atoms. The van der Waals surface area contributed by atoms with Crippen LogP contribution in [0, 0.1) is 5.92 Å². The van der Waals surface area contributed by atoms with E-state index in [1.54, 1.807) is 6.26 Å². The van der Waals surface area contributed by atoms with E-state index in [-0.39, 0.29) is 0 Å². The average molecular weight is 221 g/mol. The van der Waals surface area contributed by atoms with Crippen LogP contribution in [0.25, 0.3) is 0 Å². The van der Waals surface area contributed by atoms with Crippen LogP contribution in [-0.2, 0) is 6.54 Å². The van der Waals surface area contributed by atoms with Crippen molar-refractivity contribution in [3.05, 3.63) is 24.2 Å². The maximum atomic E-state index is 5.09. The molecule has 2 heteroatoms. The van der Waals surface area contributed by atoms with E-state index in [1.807, 2.05) is 12.3 Å². The summed E-state index contributed by atoms with van der Waals surface area (Å²) in [4.78, 5) is 0. The molecule has 1 N–H and O–H groups in total. The molecule has 0 aromatic carbocycles. The molecule has 1 aromatic rings. The van der Waals surface area contributed by atoms with Gasteiger partial charge in [-0.2, -0.15) is 0 Å². The Labute approximate surface area is 98.4 Å². The molecule has 1 aliphatic rings. The van der Waals surface area contributed by atoms with Crippen LogP contribution in [0.4, 0.5) is 0 Å². The van der Waals surface area contributed by atoms with Gasteiger partial charge < -0.3 is 9.73 Å². The predicted octanol–water partition coefficient (Wildman–Crippen LogP) is 3.73. The van der Waals surface area contributed by atoms with E-state index in [2.05, 4.69) is 12.2 Å². The van der Waals surface area contributed by atoms with Gasteiger partial charge in [0.2, 0.25) is 0 Å². The van der Waals surface area contributed by atoms with E-state index in [0.29, 0.717) is 6.04 Å². The van der Waals surface area contributed by atoms with Crippen molar-refractivity contribution in [3.8, 4) is 0 Å². The summed E-state index contributed by atoms with van der Waals surface area (Å²) in [6, 6.07) is 2.73. The van der Waals surface area contributed by atoms with E-state index in [1.165, 1.54) is 44.1 Å². The molecule has 0 spiro atoms. The fraction of sp³-hybridized carbons (Fsp3) is 0.714. The molecule has 0 radical (unpaired) electrons. The zero-order valence-electron chi connectivity index (χ0n) is 10.2. The first kappa shape index (κ1) is 11.7. The molecule has 1 heterocycles. The van der Waals surface area contributed by atoms with Gasteiger partial charge in [-0.05, 0) is 31.2 Å². The van der Waals surface area contributed by atoms with Gasteiger partial charge in [-0.1, -0.05) is 26.2 Å². The van der Waals surface area contributed by atoms with Gasteiger partial charge in [-0.15, -0.1) is 0 Å². The van der Waals surface area contributed by atoms with Gasteiger partial charge in [0, 0.05) is 18.2 Å². The van der Waals surface area contributed by atoms with Gasteiger partial charge >= 0.3 is 0 Å². The van der Waals surface area contributed by atoms with Crippen LogP contribution in [0.5, 0.6) is 0 Å². The monoisotopic (exact) mass is 221 g/mol. The second kappa shape index (κ2) is 6.09. The van der Waals surface area contributed by atoms with Crippen molar-refractivity contribution in [2.75, 3.05) is 0 Å². The molecule has 1 saturated carbocycles. The fourth-order valence-electron chi connectivity index (χ4n) is 2.82. The Morgan fingerprint density at radius 2 is 2.19 bits per heavy atom. The highest BCUT2D eigenvalue weighted by molar-refractivity contribution is 5.04. The third-order valence-electron chi connectivity index (χ3n) is 3.81. The Bertz CT molecular complexity index is 275. The summed E-state index contributed by atoms with van der Waals surface area (Å²) >= 11 is 0. The summed E-state index contributed by atoms with van der Waals surface area (Å²) in [6.07, 6.45) is 11.9. The van der Waals surface area contributed by atoms with Crippen molar-refractivity contribution in [3.63, 3.8) is 0 Å². The van der Waals surface area contributed by atoms with Crippen LogP contribution in [0.2, 0.25) is 0 Å². The summed E-state index contributed by atoms with van der Waals surface area (Å²) in [6.45, 7) is 3.24. The maximum absolute atomic E-state index is 5.09. The second-order valence-corrected chi connectivity index (χ2v) is 4.93. The summed E-state index contributed by atoms with van der Waals surface area (Å²) in [7, 11) is 0. The first-order valence-electron chi connectivity index (χ1n) is 6.64. The zero-order valence-corrected chi connectivity index (χ0v) is 10.2. The molecular formula is C14H23NO. The van der Waals surface area contributed by atoms with E-state index < -0.39 is 0 Å². The lowest BCUT2D eigenvalue weighted by Gasteiger charge is -2.30. The first-order valence-corrected chi connectivity index (χ1v) is 6.64. The third kappa shape index (κ3) is 3.11. The number of hydrogen-bond donors (Lipinski definition) is 1. The van der Waals surface area contributed by atoms with Gasteiger partial charge in [0.15, 0.2) is 0 Å². The van der Waals surface area contributed by atoms with Crippen LogP contribution in [-0.4, -0.2) is 6.04 Å². The lowest BCUT2D eigenvalue weighted by atomic mass is 9.83. The molecule has 90 valence electrons. The molecule has 1 aliphatic carbocycles. The Kier molecular flexibility index (Phi) is 4.46. The lowest BCUT2D eigenvalue weighted by molar-refractivity contribution is 0.261. The van der Waals surface area contributed by atoms with Crippen molar-refractivity contribution >= 4 is 0 Å². The van der Waals surface area contributed by atoms with Gasteiger partial charge in [0.05, 0.1) is 12.5 Å². The van der Waals surface area contributed by atoms with Crippen molar-refractivity contribution < 1.29 is 4.42 Å². The standard InChI is InChI=1S/C14H23NO/c1-2-14(13-6-4-3-5-7-13)15-10-12-8-9-16-11-12/h8-9,11,13-15H,2-7,10H2,1H3. The fourth-order valence-corrected chi connectivity index (χ4v) is 2.82. The first-order chi connectivity index (χ1) is 7.90. The maximum Gasteiger partial charge on any atom is 0.0947 e. The minimum absolute atomic E-state index is 0.690. The highest BCUT2D eigenvalue weighted by atomic mass is 16.3. The Balaban J connectivity index is 1.80. The lowest BCUT2D eigenvalue weighted by Crippen LogP contribution is -2.36. The molecule has 1 atom stereocenters. The molecule has 2 nitrogen and oxygen atoms in total. The summed E-state index contributed by atoms with van der Waals surface area (Å²) in [5.74, 6) is 0.894. The smallest absolute Gasteiger partial charge is 0.0947 e. The SMILES string of the molecule is CCC(NCc1ccoc1)C1CCCCC1. The van der Waals surface area contributed by atoms with Crippen molar-refractivity contribution in [1.29, 1.82) is 0 Å². The average Bonchev–Trinajstić information content (AvgIpc) is 2.84. The Hall–Kier alpha value is -0.760. The molecule has 1 unspecified atom stereocenters. The largest absolute Gasteiger partial charge is 0.472 e. The number of hydrogen-bond acceptors (Lipinski definition) is 2. The number of nitrogens with one attached hydrogen (secondary N) is 1. The summed E-state index contributed by atoms with van der Waals surface area (Å²) < 4.78 is 5.09. The highest BCUT2D eigenvalue weighted by Gasteiger charge is 2.21.